The third-order valence-electron chi connectivity index (χ3n) is 4.67. The van der Waals surface area contributed by atoms with E-state index in [0.717, 1.165) is 26.3 Å². The van der Waals surface area contributed by atoms with Crippen LogP contribution in [-0.2, 0) is 10.0 Å². The fraction of sp³-hybridized carbons (Fsp3) is 0.0909. The molecule has 0 fully saturated rings. The number of carbonyl (C=O) groups is 1. The van der Waals surface area contributed by atoms with E-state index < -0.39 is 15.9 Å². The Morgan fingerprint density at radius 3 is 2.53 bits per heavy atom. The zero-order valence-corrected chi connectivity index (χ0v) is 18.0. The molecule has 1 heterocycles. The molecule has 4 rings (SSSR count). The van der Waals surface area contributed by atoms with Crippen LogP contribution in [0.3, 0.4) is 0 Å². The SMILES string of the molecule is CN(C)S(=O)(=O)c1cccc(C(=O)Nc2nc(-c3cccc4ccccc34)cs2)c1. The largest absolute Gasteiger partial charge is 0.298 e. The van der Waals surface area contributed by atoms with E-state index >= 15 is 0 Å². The zero-order valence-electron chi connectivity index (χ0n) is 16.4. The molecule has 0 spiro atoms. The predicted molar refractivity (Wildman–Crippen MR) is 120 cm³/mol. The van der Waals surface area contributed by atoms with Gasteiger partial charge in [-0.15, -0.1) is 11.3 Å². The van der Waals surface area contributed by atoms with Gasteiger partial charge in [-0.05, 0) is 29.0 Å². The van der Waals surface area contributed by atoms with Crippen molar-refractivity contribution in [3.05, 3.63) is 77.7 Å². The van der Waals surface area contributed by atoms with Crippen molar-refractivity contribution in [2.45, 2.75) is 4.90 Å². The van der Waals surface area contributed by atoms with Gasteiger partial charge >= 0.3 is 0 Å². The summed E-state index contributed by atoms with van der Waals surface area (Å²) in [6.45, 7) is 0. The molecule has 0 unspecified atom stereocenters. The van der Waals surface area contributed by atoms with Crippen LogP contribution in [0.2, 0.25) is 0 Å². The van der Waals surface area contributed by atoms with Gasteiger partial charge in [-0.1, -0.05) is 48.5 Å². The summed E-state index contributed by atoms with van der Waals surface area (Å²) in [4.78, 5) is 17.3. The van der Waals surface area contributed by atoms with Crippen LogP contribution in [0.4, 0.5) is 5.13 Å². The van der Waals surface area contributed by atoms with Gasteiger partial charge in [0.25, 0.3) is 5.91 Å². The maximum absolute atomic E-state index is 12.7. The van der Waals surface area contributed by atoms with E-state index in [9.17, 15) is 13.2 Å². The van der Waals surface area contributed by atoms with Crippen LogP contribution >= 0.6 is 11.3 Å². The highest BCUT2D eigenvalue weighted by Gasteiger charge is 2.19. The predicted octanol–water partition coefficient (Wildman–Crippen LogP) is 4.47. The normalized spacial score (nSPS) is 11.7. The van der Waals surface area contributed by atoms with Gasteiger partial charge in [0.1, 0.15) is 0 Å². The molecular formula is C22H19N3O3S2. The van der Waals surface area contributed by atoms with Crippen LogP contribution in [0, 0.1) is 0 Å². The summed E-state index contributed by atoms with van der Waals surface area (Å²) in [6, 6.07) is 20.0. The van der Waals surface area contributed by atoms with Gasteiger partial charge < -0.3 is 0 Å². The minimum absolute atomic E-state index is 0.0655. The summed E-state index contributed by atoms with van der Waals surface area (Å²) in [5, 5.41) is 7.31. The number of hydrogen-bond acceptors (Lipinski definition) is 5. The number of aromatic nitrogens is 1. The Kier molecular flexibility index (Phi) is 5.38. The van der Waals surface area contributed by atoms with Crippen LogP contribution in [-0.4, -0.2) is 37.7 Å². The van der Waals surface area contributed by atoms with Crippen LogP contribution in [0.25, 0.3) is 22.0 Å². The maximum Gasteiger partial charge on any atom is 0.257 e. The highest BCUT2D eigenvalue weighted by molar-refractivity contribution is 7.89. The van der Waals surface area contributed by atoms with Crippen LogP contribution in [0.15, 0.2) is 77.0 Å². The summed E-state index contributed by atoms with van der Waals surface area (Å²) in [7, 11) is -0.716. The number of fused-ring (bicyclic) bond motifs is 1. The third kappa shape index (κ3) is 3.85. The van der Waals surface area contributed by atoms with E-state index in [1.165, 1.54) is 37.6 Å². The lowest BCUT2D eigenvalue weighted by molar-refractivity contribution is 0.102. The second kappa shape index (κ2) is 7.98. The molecule has 0 aliphatic heterocycles. The molecule has 30 heavy (non-hydrogen) atoms. The fourth-order valence-electron chi connectivity index (χ4n) is 3.08. The molecule has 3 aromatic carbocycles. The molecule has 0 bridgehead atoms. The molecule has 0 saturated heterocycles. The van der Waals surface area contributed by atoms with Gasteiger partial charge in [-0.2, -0.15) is 0 Å². The standard InChI is InChI=1S/C22H19N3O3S2/c1-25(2)30(27,28)17-10-5-9-16(13-17)21(26)24-22-23-20(14-29-22)19-12-6-8-15-7-3-4-11-18(15)19/h3-14H,1-2H3,(H,23,24,26). The maximum atomic E-state index is 12.7. The van der Waals surface area contributed by atoms with E-state index in [0.29, 0.717) is 5.13 Å². The molecule has 152 valence electrons. The van der Waals surface area contributed by atoms with Crippen LogP contribution in [0.5, 0.6) is 0 Å². The number of sulfonamides is 1. The van der Waals surface area contributed by atoms with Gasteiger partial charge in [0.2, 0.25) is 10.0 Å². The van der Waals surface area contributed by atoms with Crippen LogP contribution in [0.1, 0.15) is 10.4 Å². The lowest BCUT2D eigenvalue weighted by Crippen LogP contribution is -2.22. The molecule has 4 aromatic rings. The second-order valence-electron chi connectivity index (χ2n) is 6.83. The summed E-state index contributed by atoms with van der Waals surface area (Å²) < 4.78 is 25.7. The Bertz CT molecular complexity index is 1340. The molecule has 0 aliphatic rings. The molecule has 1 amide bonds. The molecule has 0 saturated carbocycles. The zero-order chi connectivity index (χ0) is 21.3. The highest BCUT2D eigenvalue weighted by atomic mass is 32.2. The van der Waals surface area contributed by atoms with Crippen molar-refractivity contribution >= 4 is 43.2 Å². The average Bonchev–Trinajstić information content (AvgIpc) is 3.21. The average molecular weight is 438 g/mol. The molecular weight excluding hydrogens is 418 g/mol. The van der Waals surface area contributed by atoms with E-state index in [1.807, 2.05) is 47.8 Å². The van der Waals surface area contributed by atoms with Crippen molar-refractivity contribution in [1.29, 1.82) is 0 Å². The minimum atomic E-state index is -3.62. The third-order valence-corrected chi connectivity index (χ3v) is 7.23. The number of hydrogen-bond donors (Lipinski definition) is 1. The lowest BCUT2D eigenvalue weighted by atomic mass is 10.0. The molecule has 6 nitrogen and oxygen atoms in total. The number of nitrogens with zero attached hydrogens (tertiary/aromatic N) is 2. The van der Waals surface area contributed by atoms with Crippen molar-refractivity contribution in [1.82, 2.24) is 9.29 Å². The quantitative estimate of drug-likeness (QED) is 0.500. The van der Waals surface area contributed by atoms with Gasteiger partial charge in [0.15, 0.2) is 5.13 Å². The number of anilines is 1. The Morgan fingerprint density at radius 1 is 1.00 bits per heavy atom. The topological polar surface area (TPSA) is 79.4 Å². The van der Waals surface area contributed by atoms with E-state index in [1.54, 1.807) is 12.1 Å². The summed E-state index contributed by atoms with van der Waals surface area (Å²) in [5.74, 6) is -0.412. The minimum Gasteiger partial charge on any atom is -0.298 e. The van der Waals surface area contributed by atoms with Crippen molar-refractivity contribution in [3.8, 4) is 11.3 Å². The fourth-order valence-corrected chi connectivity index (χ4v) is 4.74. The second-order valence-corrected chi connectivity index (χ2v) is 9.84. The van der Waals surface area contributed by atoms with Gasteiger partial charge in [-0.3, -0.25) is 10.1 Å². The number of benzene rings is 3. The van der Waals surface area contributed by atoms with Crippen molar-refractivity contribution in [2.75, 3.05) is 19.4 Å². The van der Waals surface area contributed by atoms with E-state index in [4.69, 9.17) is 0 Å². The number of carbonyl (C=O) groups excluding carboxylic acids is 1. The van der Waals surface area contributed by atoms with Crippen molar-refractivity contribution < 1.29 is 13.2 Å². The monoisotopic (exact) mass is 437 g/mol. The Labute approximate surface area is 178 Å². The summed E-state index contributed by atoms with van der Waals surface area (Å²) >= 11 is 1.32. The number of rotatable bonds is 5. The van der Waals surface area contributed by atoms with Gasteiger partial charge in [0.05, 0.1) is 10.6 Å². The van der Waals surface area contributed by atoms with Crippen LogP contribution < -0.4 is 5.32 Å². The first-order valence-electron chi connectivity index (χ1n) is 9.14. The van der Waals surface area contributed by atoms with Crippen molar-refractivity contribution in [2.24, 2.45) is 0 Å². The molecule has 0 radical (unpaired) electrons. The first kappa shape index (κ1) is 20.2. The Morgan fingerprint density at radius 2 is 1.73 bits per heavy atom. The van der Waals surface area contributed by atoms with Crippen molar-refractivity contribution in [3.63, 3.8) is 0 Å². The molecule has 1 N–H and O–H groups in total. The van der Waals surface area contributed by atoms with Gasteiger partial charge in [0, 0.05) is 30.6 Å². The van der Waals surface area contributed by atoms with Gasteiger partial charge in [-0.25, -0.2) is 17.7 Å². The smallest absolute Gasteiger partial charge is 0.257 e. The summed E-state index contributed by atoms with van der Waals surface area (Å²) in [5.41, 5.74) is 2.01. The highest BCUT2D eigenvalue weighted by Crippen LogP contribution is 2.31. The summed E-state index contributed by atoms with van der Waals surface area (Å²) in [6.07, 6.45) is 0. The first-order chi connectivity index (χ1) is 14.4. The lowest BCUT2D eigenvalue weighted by Gasteiger charge is -2.12. The van der Waals surface area contributed by atoms with E-state index in [-0.39, 0.29) is 10.5 Å². The number of nitrogens with one attached hydrogen (secondary N) is 1. The Hall–Kier alpha value is -3.07. The number of amides is 1. The first-order valence-corrected chi connectivity index (χ1v) is 11.5. The number of thiazole rings is 1. The Balaban J connectivity index is 1.60. The molecule has 0 atom stereocenters. The molecule has 8 heteroatoms. The van der Waals surface area contributed by atoms with E-state index in [2.05, 4.69) is 10.3 Å². The molecule has 0 aliphatic carbocycles. The molecule has 1 aromatic heterocycles.